The molecule has 0 bridgehead atoms. The topological polar surface area (TPSA) is 68.6 Å². The van der Waals surface area contributed by atoms with Gasteiger partial charge in [0.2, 0.25) is 5.27 Å². The summed E-state index contributed by atoms with van der Waals surface area (Å²) in [5.74, 6) is 0.00241. The average Bonchev–Trinajstić information content (AvgIpc) is 2.50. The van der Waals surface area contributed by atoms with Crippen LogP contribution in [0.5, 0.6) is 0 Å². The highest BCUT2D eigenvalue weighted by Gasteiger charge is 2.13. The Bertz CT molecular complexity index is 344. The highest BCUT2D eigenvalue weighted by atomic mass is 16.5. The normalized spacial score (nSPS) is 12.8. The number of rotatable bonds is 4. The molecule has 0 atom stereocenters. The molecule has 0 fully saturated rings. The number of hydrogen-bond donors (Lipinski definition) is 0. The maximum Gasteiger partial charge on any atom is 0.320 e. The summed E-state index contributed by atoms with van der Waals surface area (Å²) in [4.78, 5) is 5.52. The van der Waals surface area contributed by atoms with Crippen LogP contribution >= 0.6 is 0 Å². The van der Waals surface area contributed by atoms with Crippen molar-refractivity contribution in [3.8, 4) is 0 Å². The Labute approximate surface area is 88.8 Å². The van der Waals surface area contributed by atoms with Crippen molar-refractivity contribution in [1.82, 2.24) is 10.2 Å². The lowest BCUT2D eigenvalue weighted by molar-refractivity contribution is -0.779. The fraction of sp³-hybridized carbons (Fsp3) is 0.667. The lowest BCUT2D eigenvalue weighted by Crippen LogP contribution is -2.36. The fourth-order valence-corrected chi connectivity index (χ4v) is 0.971. The minimum absolute atomic E-state index is 0.196. The molecule has 1 aromatic heterocycles. The van der Waals surface area contributed by atoms with Crippen LogP contribution in [0.25, 0.3) is 0 Å². The van der Waals surface area contributed by atoms with Gasteiger partial charge in [0.25, 0.3) is 6.20 Å². The van der Waals surface area contributed by atoms with E-state index in [2.05, 4.69) is 10.3 Å². The van der Waals surface area contributed by atoms with Gasteiger partial charge in [-0.1, -0.05) is 0 Å². The van der Waals surface area contributed by atoms with Crippen LogP contribution in [-0.2, 0) is 0 Å². The molecule has 6 heteroatoms. The minimum Gasteiger partial charge on any atom is -0.861 e. The molecule has 1 heterocycles. The third-order valence-electron chi connectivity index (χ3n) is 1.69. The van der Waals surface area contributed by atoms with Crippen molar-refractivity contribution >= 4 is 11.8 Å². The molecular formula is C9H16N4O2. The second-order valence-electron chi connectivity index (χ2n) is 3.86. The first-order valence-corrected chi connectivity index (χ1v) is 4.76. The Kier molecular flexibility index (Phi) is 3.79. The lowest BCUT2D eigenvalue weighted by atomic mass is 10.4. The first-order valence-electron chi connectivity index (χ1n) is 4.76. The molecule has 0 N–H and O–H groups in total. The maximum absolute atomic E-state index is 11.3. The predicted molar refractivity (Wildman–Crippen MR) is 52.7 cm³/mol. The number of aliphatic imine (C=N–C) groups is 1. The first-order chi connectivity index (χ1) is 6.99. The molecule has 0 amide bonds. The van der Waals surface area contributed by atoms with Crippen LogP contribution < -0.4 is 9.79 Å². The van der Waals surface area contributed by atoms with Crippen LogP contribution in [0.2, 0.25) is 0 Å². The fourth-order valence-electron chi connectivity index (χ4n) is 0.971. The van der Waals surface area contributed by atoms with Gasteiger partial charge in [0.1, 0.15) is 0 Å². The van der Waals surface area contributed by atoms with Crippen molar-refractivity contribution in [2.75, 3.05) is 20.6 Å². The van der Waals surface area contributed by atoms with Gasteiger partial charge in [0, 0.05) is 6.54 Å². The summed E-state index contributed by atoms with van der Waals surface area (Å²) < 4.78 is 6.50. The van der Waals surface area contributed by atoms with Crippen LogP contribution in [0, 0.1) is 0 Å². The molecule has 0 aliphatic carbocycles. The SMILES string of the molecule is CC(C)[n+]1cc(/N=C(\[O-])CN(C)C)on1. The Balaban J connectivity index is 2.71. The monoisotopic (exact) mass is 212 g/mol. The molecule has 0 saturated heterocycles. The first kappa shape index (κ1) is 11.6. The van der Waals surface area contributed by atoms with Gasteiger partial charge in [0.05, 0.1) is 0 Å². The zero-order valence-electron chi connectivity index (χ0n) is 9.47. The Morgan fingerprint density at radius 3 is 2.80 bits per heavy atom. The van der Waals surface area contributed by atoms with Gasteiger partial charge in [-0.15, -0.1) is 0 Å². The standard InChI is InChI=1S/C9H16N4O2/c1-7(2)13-6-9(15-11-13)10-8(14)5-12(3)4/h6-7H,5H2,1-4H3. The Hall–Kier alpha value is -1.43. The third kappa shape index (κ3) is 3.67. The summed E-state index contributed by atoms with van der Waals surface area (Å²) in [6.07, 6.45) is 1.61. The van der Waals surface area contributed by atoms with Crippen LogP contribution in [0.1, 0.15) is 19.9 Å². The second kappa shape index (κ2) is 4.88. The van der Waals surface area contributed by atoms with Gasteiger partial charge < -0.3 is 10.0 Å². The van der Waals surface area contributed by atoms with Gasteiger partial charge in [-0.05, 0) is 38.5 Å². The van der Waals surface area contributed by atoms with Gasteiger partial charge in [-0.2, -0.15) is 0 Å². The molecule has 0 spiro atoms. The largest absolute Gasteiger partial charge is 0.861 e. The van der Waals surface area contributed by atoms with Crippen LogP contribution in [0.3, 0.4) is 0 Å². The summed E-state index contributed by atoms with van der Waals surface area (Å²) in [6.45, 7) is 4.20. The van der Waals surface area contributed by atoms with Crippen LogP contribution in [0.4, 0.5) is 5.88 Å². The van der Waals surface area contributed by atoms with Crippen molar-refractivity contribution in [3.05, 3.63) is 6.20 Å². The zero-order valence-corrected chi connectivity index (χ0v) is 9.47. The van der Waals surface area contributed by atoms with Crippen LogP contribution in [0.15, 0.2) is 15.7 Å². The van der Waals surface area contributed by atoms with E-state index in [1.54, 1.807) is 15.8 Å². The number of likely N-dealkylation sites (N-methyl/N-ethyl adjacent to an activating group) is 1. The molecule has 0 saturated carbocycles. The van der Waals surface area contributed by atoms with E-state index in [0.717, 1.165) is 0 Å². The van der Waals surface area contributed by atoms with Crippen molar-refractivity contribution in [2.45, 2.75) is 19.9 Å². The molecule has 0 aromatic carbocycles. The average molecular weight is 212 g/mol. The number of hydrogen-bond acceptors (Lipinski definition) is 5. The van der Waals surface area contributed by atoms with E-state index in [9.17, 15) is 5.11 Å². The smallest absolute Gasteiger partial charge is 0.320 e. The third-order valence-corrected chi connectivity index (χ3v) is 1.69. The van der Waals surface area contributed by atoms with Gasteiger partial charge in [0.15, 0.2) is 6.04 Å². The summed E-state index contributed by atoms with van der Waals surface area (Å²) in [5, 5.41) is 15.0. The highest BCUT2D eigenvalue weighted by molar-refractivity contribution is 5.75. The Morgan fingerprint density at radius 1 is 1.67 bits per heavy atom. The van der Waals surface area contributed by atoms with E-state index >= 15 is 0 Å². The predicted octanol–water partition coefficient (Wildman–Crippen LogP) is -0.505. The quantitative estimate of drug-likeness (QED) is 0.383. The molecule has 0 aliphatic rings. The molecule has 6 nitrogen and oxygen atoms in total. The van der Waals surface area contributed by atoms with Crippen molar-refractivity contribution in [2.24, 2.45) is 4.99 Å². The molecule has 0 aliphatic heterocycles. The molecule has 84 valence electrons. The second-order valence-corrected chi connectivity index (χ2v) is 3.86. The van der Waals surface area contributed by atoms with Crippen molar-refractivity contribution in [3.63, 3.8) is 0 Å². The van der Waals surface area contributed by atoms with E-state index in [0.29, 0.717) is 0 Å². The maximum atomic E-state index is 11.3. The zero-order chi connectivity index (χ0) is 11.4. The molecule has 1 rings (SSSR count). The number of nitrogens with zero attached hydrogens (tertiary/aromatic N) is 4. The van der Waals surface area contributed by atoms with Gasteiger partial charge >= 0.3 is 5.88 Å². The van der Waals surface area contributed by atoms with E-state index in [1.165, 1.54) is 0 Å². The molecule has 15 heavy (non-hydrogen) atoms. The molecule has 0 radical (unpaired) electrons. The molecular weight excluding hydrogens is 196 g/mol. The number of aromatic nitrogens is 2. The van der Waals surface area contributed by atoms with Gasteiger partial charge in [-0.3, -0.25) is 4.52 Å². The summed E-state index contributed by atoms with van der Waals surface area (Å²) >= 11 is 0. The summed E-state index contributed by atoms with van der Waals surface area (Å²) in [6, 6.07) is 0.196. The summed E-state index contributed by atoms with van der Waals surface area (Å²) in [7, 11) is 3.62. The molecule has 0 unspecified atom stereocenters. The van der Waals surface area contributed by atoms with E-state index < -0.39 is 0 Å². The molecule has 1 aromatic rings. The van der Waals surface area contributed by atoms with E-state index in [1.807, 2.05) is 27.9 Å². The van der Waals surface area contributed by atoms with Crippen molar-refractivity contribution < 1.29 is 14.3 Å². The van der Waals surface area contributed by atoms with Crippen molar-refractivity contribution in [1.29, 1.82) is 0 Å². The van der Waals surface area contributed by atoms with Crippen LogP contribution in [-0.4, -0.2) is 36.7 Å². The van der Waals surface area contributed by atoms with E-state index in [4.69, 9.17) is 4.52 Å². The minimum atomic E-state index is -0.243. The summed E-state index contributed by atoms with van der Waals surface area (Å²) in [5.41, 5.74) is 0. The Morgan fingerprint density at radius 2 is 2.33 bits per heavy atom. The van der Waals surface area contributed by atoms with Gasteiger partial charge in [-0.25, -0.2) is 4.99 Å². The van der Waals surface area contributed by atoms with E-state index in [-0.39, 0.29) is 24.4 Å². The highest BCUT2D eigenvalue weighted by Crippen LogP contribution is 2.06. The lowest BCUT2D eigenvalue weighted by Gasteiger charge is -2.14.